The molecule has 106 valence electrons. The lowest BCUT2D eigenvalue weighted by molar-refractivity contribution is 0.416. The Balaban J connectivity index is 1.79. The number of nitrogens with one attached hydrogen (secondary N) is 1. The van der Waals surface area contributed by atoms with E-state index < -0.39 is 0 Å². The minimum Gasteiger partial charge on any atom is -0.495 e. The molecule has 0 spiro atoms. The van der Waals surface area contributed by atoms with Crippen molar-refractivity contribution in [3.63, 3.8) is 0 Å². The fourth-order valence-corrected chi connectivity index (χ4v) is 2.98. The number of benzene rings is 2. The standard InChI is InChI=1S/C17H15ClN2O/c1-21-17-6-11(10-19)2-5-16(17)20-15-8-12-3-4-14(18)7-13(12)9-15/h2-7,15,20H,8-9H2,1H3. The topological polar surface area (TPSA) is 45.0 Å². The van der Waals surface area contributed by atoms with E-state index in [9.17, 15) is 0 Å². The molecule has 3 nitrogen and oxygen atoms in total. The van der Waals surface area contributed by atoms with Crippen LogP contribution in [0, 0.1) is 11.3 Å². The predicted octanol–water partition coefficient (Wildman–Crippen LogP) is 3.80. The monoisotopic (exact) mass is 298 g/mol. The fourth-order valence-electron chi connectivity index (χ4n) is 2.79. The van der Waals surface area contributed by atoms with E-state index in [-0.39, 0.29) is 0 Å². The Morgan fingerprint density at radius 3 is 2.76 bits per heavy atom. The highest BCUT2D eigenvalue weighted by Crippen LogP contribution is 2.31. The summed E-state index contributed by atoms with van der Waals surface area (Å²) >= 11 is 6.04. The van der Waals surface area contributed by atoms with Gasteiger partial charge in [0.1, 0.15) is 5.75 Å². The normalized spacial score (nSPS) is 16.1. The fraction of sp³-hybridized carbons (Fsp3) is 0.235. The van der Waals surface area contributed by atoms with Gasteiger partial charge in [0, 0.05) is 17.1 Å². The molecule has 1 atom stereocenters. The van der Waals surface area contributed by atoms with Crippen LogP contribution >= 0.6 is 11.6 Å². The molecular weight excluding hydrogens is 284 g/mol. The van der Waals surface area contributed by atoms with E-state index in [1.165, 1.54) is 11.1 Å². The summed E-state index contributed by atoms with van der Waals surface area (Å²) in [5.74, 6) is 0.697. The Morgan fingerprint density at radius 2 is 2.00 bits per heavy atom. The molecule has 2 aromatic carbocycles. The van der Waals surface area contributed by atoms with Crippen LogP contribution in [0.1, 0.15) is 16.7 Å². The van der Waals surface area contributed by atoms with Gasteiger partial charge in [0.2, 0.25) is 0 Å². The lowest BCUT2D eigenvalue weighted by Crippen LogP contribution is -2.19. The molecule has 1 unspecified atom stereocenters. The molecule has 0 aromatic heterocycles. The van der Waals surface area contributed by atoms with Crippen molar-refractivity contribution in [1.82, 2.24) is 0 Å². The summed E-state index contributed by atoms with van der Waals surface area (Å²) in [4.78, 5) is 0. The summed E-state index contributed by atoms with van der Waals surface area (Å²) < 4.78 is 5.36. The second-order valence-electron chi connectivity index (χ2n) is 5.19. The summed E-state index contributed by atoms with van der Waals surface area (Å²) in [6.07, 6.45) is 1.91. The van der Waals surface area contributed by atoms with E-state index >= 15 is 0 Å². The van der Waals surface area contributed by atoms with Crippen molar-refractivity contribution >= 4 is 17.3 Å². The molecule has 21 heavy (non-hydrogen) atoms. The molecule has 2 aromatic rings. The van der Waals surface area contributed by atoms with Gasteiger partial charge in [-0.3, -0.25) is 0 Å². The van der Waals surface area contributed by atoms with E-state index in [1.54, 1.807) is 19.2 Å². The van der Waals surface area contributed by atoms with Gasteiger partial charge in [-0.1, -0.05) is 17.7 Å². The zero-order chi connectivity index (χ0) is 14.8. The minimum absolute atomic E-state index is 0.320. The molecule has 0 aliphatic heterocycles. The number of methoxy groups -OCH3 is 1. The van der Waals surface area contributed by atoms with Crippen molar-refractivity contribution in [2.24, 2.45) is 0 Å². The molecule has 0 heterocycles. The zero-order valence-corrected chi connectivity index (χ0v) is 12.4. The summed E-state index contributed by atoms with van der Waals surface area (Å²) in [6.45, 7) is 0. The van der Waals surface area contributed by atoms with Crippen molar-refractivity contribution in [2.75, 3.05) is 12.4 Å². The number of halogens is 1. The maximum Gasteiger partial charge on any atom is 0.143 e. The average Bonchev–Trinajstić information content (AvgIpc) is 2.89. The summed E-state index contributed by atoms with van der Waals surface area (Å²) in [6, 6.07) is 13.9. The third kappa shape index (κ3) is 2.81. The number of hydrogen-bond donors (Lipinski definition) is 1. The second-order valence-corrected chi connectivity index (χ2v) is 5.63. The maximum atomic E-state index is 8.94. The van der Waals surface area contributed by atoms with Crippen LogP contribution in [0.2, 0.25) is 5.02 Å². The Bertz CT molecular complexity index is 721. The first-order valence-electron chi connectivity index (χ1n) is 6.81. The van der Waals surface area contributed by atoms with Crippen molar-refractivity contribution in [2.45, 2.75) is 18.9 Å². The van der Waals surface area contributed by atoms with E-state index in [0.29, 0.717) is 17.4 Å². The van der Waals surface area contributed by atoms with Crippen molar-refractivity contribution in [1.29, 1.82) is 5.26 Å². The van der Waals surface area contributed by atoms with Gasteiger partial charge in [-0.15, -0.1) is 0 Å². The van der Waals surface area contributed by atoms with Crippen molar-refractivity contribution in [3.05, 3.63) is 58.1 Å². The first-order chi connectivity index (χ1) is 10.2. The zero-order valence-electron chi connectivity index (χ0n) is 11.7. The number of anilines is 1. The third-order valence-electron chi connectivity index (χ3n) is 3.79. The van der Waals surface area contributed by atoms with Gasteiger partial charge < -0.3 is 10.1 Å². The average molecular weight is 299 g/mol. The highest BCUT2D eigenvalue weighted by molar-refractivity contribution is 6.30. The summed E-state index contributed by atoms with van der Waals surface area (Å²) in [5, 5.41) is 13.2. The number of rotatable bonds is 3. The van der Waals surface area contributed by atoms with Crippen LogP contribution < -0.4 is 10.1 Å². The second kappa shape index (κ2) is 5.67. The smallest absolute Gasteiger partial charge is 0.143 e. The minimum atomic E-state index is 0.320. The quantitative estimate of drug-likeness (QED) is 0.937. The molecule has 0 saturated carbocycles. The number of hydrogen-bond acceptors (Lipinski definition) is 3. The van der Waals surface area contributed by atoms with Crippen LogP contribution in [-0.4, -0.2) is 13.2 Å². The van der Waals surface area contributed by atoms with Crippen LogP contribution in [-0.2, 0) is 12.8 Å². The van der Waals surface area contributed by atoms with Gasteiger partial charge in [0.25, 0.3) is 0 Å². The molecule has 0 amide bonds. The first kappa shape index (κ1) is 13.8. The summed E-state index contributed by atoms with van der Waals surface area (Å²) in [7, 11) is 1.62. The Hall–Kier alpha value is -2.18. The molecule has 0 fully saturated rings. The molecule has 1 aliphatic carbocycles. The molecule has 0 saturated heterocycles. The van der Waals surface area contributed by atoms with E-state index in [4.69, 9.17) is 21.6 Å². The van der Waals surface area contributed by atoms with Gasteiger partial charge in [0.05, 0.1) is 24.4 Å². The van der Waals surface area contributed by atoms with Gasteiger partial charge in [-0.25, -0.2) is 0 Å². The summed E-state index contributed by atoms with van der Waals surface area (Å²) in [5.41, 5.74) is 4.15. The first-order valence-corrected chi connectivity index (χ1v) is 7.19. The van der Waals surface area contributed by atoms with Crippen molar-refractivity contribution < 1.29 is 4.74 Å². The third-order valence-corrected chi connectivity index (χ3v) is 4.03. The largest absolute Gasteiger partial charge is 0.495 e. The van der Waals surface area contributed by atoms with E-state index in [0.717, 1.165) is 23.6 Å². The number of fused-ring (bicyclic) bond motifs is 1. The lowest BCUT2D eigenvalue weighted by Gasteiger charge is -2.16. The molecule has 1 N–H and O–H groups in total. The van der Waals surface area contributed by atoms with E-state index in [1.807, 2.05) is 18.2 Å². The highest BCUT2D eigenvalue weighted by atomic mass is 35.5. The van der Waals surface area contributed by atoms with Crippen LogP contribution in [0.15, 0.2) is 36.4 Å². The molecule has 0 radical (unpaired) electrons. The van der Waals surface area contributed by atoms with Crippen LogP contribution in [0.3, 0.4) is 0 Å². The van der Waals surface area contributed by atoms with Crippen molar-refractivity contribution in [3.8, 4) is 11.8 Å². The molecule has 1 aliphatic rings. The Morgan fingerprint density at radius 1 is 1.19 bits per heavy atom. The number of ether oxygens (including phenoxy) is 1. The molecular formula is C17H15ClN2O. The van der Waals surface area contributed by atoms with Gasteiger partial charge in [-0.2, -0.15) is 5.26 Å². The van der Waals surface area contributed by atoms with Gasteiger partial charge in [0.15, 0.2) is 0 Å². The molecule has 0 bridgehead atoms. The van der Waals surface area contributed by atoms with E-state index in [2.05, 4.69) is 17.5 Å². The molecule has 4 heteroatoms. The number of nitrogens with zero attached hydrogens (tertiary/aromatic N) is 1. The SMILES string of the molecule is COc1cc(C#N)ccc1NC1Cc2ccc(Cl)cc2C1. The maximum absolute atomic E-state index is 8.94. The van der Waals surface area contributed by atoms with Gasteiger partial charge in [-0.05, 0) is 48.2 Å². The molecule has 3 rings (SSSR count). The van der Waals surface area contributed by atoms with Gasteiger partial charge >= 0.3 is 0 Å². The van der Waals surface area contributed by atoms with Crippen LogP contribution in [0.4, 0.5) is 5.69 Å². The predicted molar refractivity (Wildman–Crippen MR) is 84.0 cm³/mol. The Labute approximate surface area is 129 Å². The van der Waals surface area contributed by atoms with Crippen LogP contribution in [0.25, 0.3) is 0 Å². The Kier molecular flexibility index (Phi) is 3.72. The van der Waals surface area contributed by atoms with Crippen LogP contribution in [0.5, 0.6) is 5.75 Å². The number of nitriles is 1. The lowest BCUT2D eigenvalue weighted by atomic mass is 10.1. The highest BCUT2D eigenvalue weighted by Gasteiger charge is 2.22.